The zero-order valence-corrected chi connectivity index (χ0v) is 13.4. The van der Waals surface area contributed by atoms with E-state index in [0.29, 0.717) is 33.1 Å². The lowest BCUT2D eigenvalue weighted by Crippen LogP contribution is -2.26. The number of nitrogens with zero attached hydrogens (tertiary/aromatic N) is 2. The third-order valence-corrected chi connectivity index (χ3v) is 4.02. The quantitative estimate of drug-likeness (QED) is 0.892. The minimum absolute atomic E-state index is 0.187. The molecule has 3 rings (SSSR count). The van der Waals surface area contributed by atoms with Gasteiger partial charge in [-0.05, 0) is 38.0 Å². The molecule has 1 saturated carbocycles. The summed E-state index contributed by atoms with van der Waals surface area (Å²) >= 11 is 12.1. The van der Waals surface area contributed by atoms with Gasteiger partial charge in [0.25, 0.3) is 5.91 Å². The van der Waals surface area contributed by atoms with Gasteiger partial charge in [0, 0.05) is 11.7 Å². The maximum absolute atomic E-state index is 12.1. The van der Waals surface area contributed by atoms with Gasteiger partial charge >= 0.3 is 0 Å². The number of hydrogen-bond acceptors (Lipinski definition) is 4. The number of aromatic nitrogens is 2. The van der Waals surface area contributed by atoms with E-state index in [1.54, 1.807) is 31.2 Å². The zero-order chi connectivity index (χ0) is 15.7. The third-order valence-electron chi connectivity index (χ3n) is 3.20. The van der Waals surface area contributed by atoms with E-state index in [9.17, 15) is 4.79 Å². The molecule has 1 fully saturated rings. The molecule has 22 heavy (non-hydrogen) atoms. The molecule has 1 aromatic heterocycles. The van der Waals surface area contributed by atoms with Gasteiger partial charge in [-0.2, -0.15) is 0 Å². The molecule has 1 aromatic carbocycles. The van der Waals surface area contributed by atoms with E-state index < -0.39 is 0 Å². The number of halogens is 2. The van der Waals surface area contributed by atoms with E-state index in [1.165, 1.54) is 0 Å². The Kier molecular flexibility index (Phi) is 4.18. The van der Waals surface area contributed by atoms with Crippen molar-refractivity contribution in [1.29, 1.82) is 0 Å². The highest BCUT2D eigenvalue weighted by Gasteiger charge is 2.24. The normalized spacial score (nSPS) is 13.8. The van der Waals surface area contributed by atoms with Crippen LogP contribution in [-0.2, 0) is 0 Å². The SMILES string of the molecule is Cc1cc(C(=O)NC2CC2)nc(Nc2cccc(Cl)c2Cl)n1. The van der Waals surface area contributed by atoms with Gasteiger partial charge in [-0.3, -0.25) is 4.79 Å². The Morgan fingerprint density at radius 3 is 2.77 bits per heavy atom. The molecular weight excluding hydrogens is 323 g/mol. The van der Waals surface area contributed by atoms with E-state index in [2.05, 4.69) is 20.6 Å². The Labute approximate surface area is 138 Å². The van der Waals surface area contributed by atoms with Crippen molar-refractivity contribution in [2.75, 3.05) is 5.32 Å². The monoisotopic (exact) mass is 336 g/mol. The van der Waals surface area contributed by atoms with Gasteiger partial charge in [0.05, 0.1) is 15.7 Å². The van der Waals surface area contributed by atoms with Crippen molar-refractivity contribution in [1.82, 2.24) is 15.3 Å². The highest BCUT2D eigenvalue weighted by Crippen LogP contribution is 2.31. The van der Waals surface area contributed by atoms with Crippen LogP contribution in [0.15, 0.2) is 24.3 Å². The van der Waals surface area contributed by atoms with Crippen molar-refractivity contribution in [3.8, 4) is 0 Å². The topological polar surface area (TPSA) is 66.9 Å². The minimum Gasteiger partial charge on any atom is -0.348 e. The van der Waals surface area contributed by atoms with Crippen molar-refractivity contribution in [3.05, 3.63) is 45.7 Å². The lowest BCUT2D eigenvalue weighted by atomic mass is 10.3. The Morgan fingerprint density at radius 2 is 2.05 bits per heavy atom. The lowest BCUT2D eigenvalue weighted by Gasteiger charge is -2.10. The highest BCUT2D eigenvalue weighted by molar-refractivity contribution is 6.43. The Bertz CT molecular complexity index is 731. The Morgan fingerprint density at radius 1 is 1.27 bits per heavy atom. The highest BCUT2D eigenvalue weighted by atomic mass is 35.5. The van der Waals surface area contributed by atoms with Crippen LogP contribution in [0, 0.1) is 6.92 Å². The van der Waals surface area contributed by atoms with Gasteiger partial charge in [0.1, 0.15) is 5.69 Å². The van der Waals surface area contributed by atoms with Crippen LogP contribution in [0.4, 0.5) is 11.6 Å². The summed E-state index contributed by atoms with van der Waals surface area (Å²) in [6.45, 7) is 1.81. The average molecular weight is 337 g/mol. The molecule has 1 heterocycles. The van der Waals surface area contributed by atoms with Gasteiger partial charge in [-0.25, -0.2) is 9.97 Å². The standard InChI is InChI=1S/C15H14Cl2N4O/c1-8-7-12(14(22)19-9-5-6-9)21-15(18-8)20-11-4-2-3-10(16)13(11)17/h2-4,7,9H,5-6H2,1H3,(H,19,22)(H,18,20,21). The molecule has 0 aliphatic heterocycles. The van der Waals surface area contributed by atoms with Crippen molar-refractivity contribution in [2.24, 2.45) is 0 Å². The van der Waals surface area contributed by atoms with Crippen LogP contribution < -0.4 is 10.6 Å². The van der Waals surface area contributed by atoms with Crippen LogP contribution in [0.2, 0.25) is 10.0 Å². The summed E-state index contributed by atoms with van der Waals surface area (Å²) in [6.07, 6.45) is 2.05. The van der Waals surface area contributed by atoms with Gasteiger partial charge in [0.2, 0.25) is 5.95 Å². The number of carbonyl (C=O) groups excluding carboxylic acids is 1. The summed E-state index contributed by atoms with van der Waals surface area (Å²) in [4.78, 5) is 20.6. The fourth-order valence-electron chi connectivity index (χ4n) is 1.95. The number of anilines is 2. The second-order valence-corrected chi connectivity index (χ2v) is 5.98. The second-order valence-electron chi connectivity index (χ2n) is 5.19. The fourth-order valence-corrected chi connectivity index (χ4v) is 2.30. The molecule has 2 aromatic rings. The second kappa shape index (κ2) is 6.10. The Balaban J connectivity index is 1.85. The maximum atomic E-state index is 12.1. The van der Waals surface area contributed by atoms with E-state index in [-0.39, 0.29) is 11.9 Å². The van der Waals surface area contributed by atoms with Crippen LogP contribution in [0.3, 0.4) is 0 Å². The first-order valence-corrected chi connectivity index (χ1v) is 7.66. The van der Waals surface area contributed by atoms with Crippen LogP contribution in [-0.4, -0.2) is 21.9 Å². The number of rotatable bonds is 4. The number of aryl methyl sites for hydroxylation is 1. The largest absolute Gasteiger partial charge is 0.348 e. The summed E-state index contributed by atoms with van der Waals surface area (Å²) in [5.74, 6) is 0.123. The Hall–Kier alpha value is -1.85. The number of amides is 1. The summed E-state index contributed by atoms with van der Waals surface area (Å²) in [6, 6.07) is 7.17. The fraction of sp³-hybridized carbons (Fsp3) is 0.267. The van der Waals surface area contributed by atoms with E-state index in [1.807, 2.05) is 0 Å². The molecule has 7 heteroatoms. The van der Waals surface area contributed by atoms with Crippen LogP contribution in [0.25, 0.3) is 0 Å². The molecular formula is C15H14Cl2N4O. The molecule has 0 atom stereocenters. The van der Waals surface area contributed by atoms with Crippen LogP contribution in [0.5, 0.6) is 0 Å². The molecule has 5 nitrogen and oxygen atoms in total. The van der Waals surface area contributed by atoms with Gasteiger partial charge < -0.3 is 10.6 Å². The van der Waals surface area contributed by atoms with Crippen molar-refractivity contribution >= 4 is 40.7 Å². The van der Waals surface area contributed by atoms with Crippen molar-refractivity contribution in [3.63, 3.8) is 0 Å². The minimum atomic E-state index is -0.187. The average Bonchev–Trinajstić information content (AvgIpc) is 3.27. The molecule has 0 spiro atoms. The summed E-state index contributed by atoms with van der Waals surface area (Å²) in [5, 5.41) is 6.73. The van der Waals surface area contributed by atoms with Crippen LogP contribution in [0.1, 0.15) is 29.0 Å². The van der Waals surface area contributed by atoms with Crippen molar-refractivity contribution in [2.45, 2.75) is 25.8 Å². The van der Waals surface area contributed by atoms with Crippen molar-refractivity contribution < 1.29 is 4.79 Å². The summed E-state index contributed by atoms with van der Waals surface area (Å²) in [5.41, 5.74) is 1.62. The van der Waals surface area contributed by atoms with Gasteiger partial charge in [-0.1, -0.05) is 29.3 Å². The predicted octanol–water partition coefficient (Wildman–Crippen LogP) is 3.73. The molecule has 0 unspecified atom stereocenters. The molecule has 2 N–H and O–H groups in total. The van der Waals surface area contributed by atoms with E-state index >= 15 is 0 Å². The molecule has 1 amide bonds. The smallest absolute Gasteiger partial charge is 0.270 e. The maximum Gasteiger partial charge on any atom is 0.270 e. The number of hydrogen-bond donors (Lipinski definition) is 2. The number of carbonyl (C=O) groups is 1. The first-order chi connectivity index (χ1) is 10.5. The molecule has 1 aliphatic rings. The first-order valence-electron chi connectivity index (χ1n) is 6.90. The molecule has 0 bridgehead atoms. The number of benzene rings is 1. The van der Waals surface area contributed by atoms with E-state index in [4.69, 9.17) is 23.2 Å². The third kappa shape index (κ3) is 3.48. The molecule has 0 radical (unpaired) electrons. The van der Waals surface area contributed by atoms with Gasteiger partial charge in [-0.15, -0.1) is 0 Å². The molecule has 114 valence electrons. The van der Waals surface area contributed by atoms with Crippen LogP contribution >= 0.6 is 23.2 Å². The first kappa shape index (κ1) is 15.1. The lowest BCUT2D eigenvalue weighted by molar-refractivity contribution is 0.0946. The summed E-state index contributed by atoms with van der Waals surface area (Å²) < 4.78 is 0. The molecule has 0 saturated heterocycles. The predicted molar refractivity (Wildman–Crippen MR) is 87.0 cm³/mol. The number of nitrogens with one attached hydrogen (secondary N) is 2. The summed E-state index contributed by atoms with van der Waals surface area (Å²) in [7, 11) is 0. The van der Waals surface area contributed by atoms with Gasteiger partial charge in [0.15, 0.2) is 0 Å². The molecule has 1 aliphatic carbocycles. The zero-order valence-electron chi connectivity index (χ0n) is 11.9. The van der Waals surface area contributed by atoms with E-state index in [0.717, 1.165) is 12.8 Å².